The number of aryl methyl sites for hydroxylation is 2. The summed E-state index contributed by atoms with van der Waals surface area (Å²) in [4.78, 5) is 15.3. The van der Waals surface area contributed by atoms with Crippen molar-refractivity contribution in [2.75, 3.05) is 29.9 Å². The van der Waals surface area contributed by atoms with Crippen molar-refractivity contribution in [3.63, 3.8) is 0 Å². The number of carbonyl (C=O) groups excluding carboxylic acids is 1. The van der Waals surface area contributed by atoms with E-state index < -0.39 is 0 Å². The Hall–Kier alpha value is -1.79. The van der Waals surface area contributed by atoms with E-state index in [1.54, 1.807) is 0 Å². The molecule has 2 aromatic rings. The fourth-order valence-corrected chi connectivity index (χ4v) is 5.48. The molecule has 1 aromatic carbocycles. The molecule has 6 heteroatoms. The van der Waals surface area contributed by atoms with Crippen molar-refractivity contribution >= 4 is 23.4 Å². The van der Waals surface area contributed by atoms with Crippen molar-refractivity contribution < 1.29 is 4.79 Å². The minimum absolute atomic E-state index is 0.130. The van der Waals surface area contributed by atoms with Crippen LogP contribution in [0.1, 0.15) is 37.1 Å². The molecule has 5 nitrogen and oxygen atoms in total. The number of aromatic nitrogens is 2. The molecule has 3 heterocycles. The highest BCUT2D eigenvalue weighted by molar-refractivity contribution is 7.99. The zero-order valence-corrected chi connectivity index (χ0v) is 17.7. The second-order valence-corrected chi connectivity index (χ2v) is 9.25. The highest BCUT2D eigenvalue weighted by atomic mass is 32.2. The van der Waals surface area contributed by atoms with Gasteiger partial charge in [0.15, 0.2) is 0 Å². The van der Waals surface area contributed by atoms with Crippen LogP contribution in [0, 0.1) is 19.8 Å². The van der Waals surface area contributed by atoms with Gasteiger partial charge in [0.05, 0.1) is 11.4 Å². The number of carbonyl (C=O) groups is 1. The molecule has 0 atom stereocenters. The van der Waals surface area contributed by atoms with Gasteiger partial charge >= 0.3 is 0 Å². The average molecular weight is 399 g/mol. The van der Waals surface area contributed by atoms with E-state index in [2.05, 4.69) is 33.1 Å². The third kappa shape index (κ3) is 4.44. The van der Waals surface area contributed by atoms with Crippen molar-refractivity contribution in [1.29, 1.82) is 0 Å². The van der Waals surface area contributed by atoms with E-state index in [0.717, 1.165) is 54.7 Å². The molecule has 2 aliphatic rings. The van der Waals surface area contributed by atoms with Crippen LogP contribution in [0.5, 0.6) is 0 Å². The zero-order chi connectivity index (χ0) is 19.5. The number of nitrogens with zero attached hydrogens (tertiary/aromatic N) is 3. The SMILES string of the molecule is Cc1cc(C)n(-c2ccc(NC(=O)C3CCN(C4CCSCC4)CC3)cc2)n1. The fourth-order valence-electron chi connectivity index (χ4n) is 4.40. The van der Waals surface area contributed by atoms with Gasteiger partial charge in [0.25, 0.3) is 0 Å². The van der Waals surface area contributed by atoms with Gasteiger partial charge in [0, 0.05) is 23.3 Å². The number of piperidine rings is 1. The molecule has 0 saturated carbocycles. The van der Waals surface area contributed by atoms with Crippen LogP contribution in [-0.4, -0.2) is 51.2 Å². The van der Waals surface area contributed by atoms with Gasteiger partial charge in [-0.2, -0.15) is 16.9 Å². The second kappa shape index (κ2) is 8.70. The number of hydrogen-bond donors (Lipinski definition) is 1. The maximum absolute atomic E-state index is 12.7. The number of likely N-dealkylation sites (tertiary alicyclic amines) is 1. The number of nitrogens with one attached hydrogen (secondary N) is 1. The van der Waals surface area contributed by atoms with Gasteiger partial charge < -0.3 is 10.2 Å². The molecule has 150 valence electrons. The summed E-state index contributed by atoms with van der Waals surface area (Å²) in [5.41, 5.74) is 4.00. The van der Waals surface area contributed by atoms with Gasteiger partial charge in [-0.25, -0.2) is 4.68 Å². The Balaban J connectivity index is 1.31. The molecular weight excluding hydrogens is 368 g/mol. The molecule has 4 rings (SSSR count). The maximum atomic E-state index is 12.7. The van der Waals surface area contributed by atoms with Crippen molar-refractivity contribution in [3.05, 3.63) is 41.7 Å². The first kappa shape index (κ1) is 19.5. The minimum atomic E-state index is 0.130. The van der Waals surface area contributed by atoms with E-state index in [0.29, 0.717) is 0 Å². The Morgan fingerprint density at radius 1 is 1.07 bits per heavy atom. The summed E-state index contributed by atoms with van der Waals surface area (Å²) in [5, 5.41) is 7.63. The van der Waals surface area contributed by atoms with Crippen molar-refractivity contribution in [1.82, 2.24) is 14.7 Å². The summed E-state index contributed by atoms with van der Waals surface area (Å²) < 4.78 is 1.93. The Bertz CT molecular complexity index is 802. The number of thioether (sulfide) groups is 1. The van der Waals surface area contributed by atoms with Crippen LogP contribution in [0.25, 0.3) is 5.69 Å². The first-order chi connectivity index (χ1) is 13.6. The van der Waals surface area contributed by atoms with Crippen LogP contribution >= 0.6 is 11.8 Å². The molecule has 1 aromatic heterocycles. The van der Waals surface area contributed by atoms with Crippen LogP contribution in [0.4, 0.5) is 5.69 Å². The summed E-state index contributed by atoms with van der Waals surface area (Å²) in [6.45, 7) is 6.17. The number of amides is 1. The lowest BCUT2D eigenvalue weighted by Crippen LogP contribution is -2.45. The van der Waals surface area contributed by atoms with E-state index in [1.807, 2.05) is 42.8 Å². The zero-order valence-electron chi connectivity index (χ0n) is 16.9. The van der Waals surface area contributed by atoms with Gasteiger partial charge in [-0.05, 0) is 94.5 Å². The highest BCUT2D eigenvalue weighted by Gasteiger charge is 2.29. The van der Waals surface area contributed by atoms with Crippen molar-refractivity contribution in [2.45, 2.75) is 45.6 Å². The van der Waals surface area contributed by atoms with E-state index in [9.17, 15) is 4.79 Å². The van der Waals surface area contributed by atoms with Crippen molar-refractivity contribution in [2.24, 2.45) is 5.92 Å². The Morgan fingerprint density at radius 3 is 2.36 bits per heavy atom. The molecule has 1 N–H and O–H groups in total. The molecular formula is C22H30N4OS. The van der Waals surface area contributed by atoms with Crippen molar-refractivity contribution in [3.8, 4) is 5.69 Å². The lowest BCUT2D eigenvalue weighted by molar-refractivity contribution is -0.121. The summed E-state index contributed by atoms with van der Waals surface area (Å²) >= 11 is 2.07. The smallest absolute Gasteiger partial charge is 0.227 e. The third-order valence-electron chi connectivity index (χ3n) is 6.00. The Morgan fingerprint density at radius 2 is 1.75 bits per heavy atom. The standard InChI is InChI=1S/C22H30N4OS/c1-16-15-17(2)26(24-16)21-5-3-19(4-6-21)23-22(27)18-7-11-25(12-8-18)20-9-13-28-14-10-20/h3-6,15,18,20H,7-14H2,1-2H3,(H,23,27). The van der Waals surface area contributed by atoms with E-state index >= 15 is 0 Å². The quantitative estimate of drug-likeness (QED) is 0.845. The third-order valence-corrected chi connectivity index (χ3v) is 7.05. The molecule has 2 aliphatic heterocycles. The Labute approximate surface area is 171 Å². The summed E-state index contributed by atoms with van der Waals surface area (Å²) in [6.07, 6.45) is 4.56. The highest BCUT2D eigenvalue weighted by Crippen LogP contribution is 2.27. The van der Waals surface area contributed by atoms with Crippen LogP contribution in [0.3, 0.4) is 0 Å². The monoisotopic (exact) mass is 398 g/mol. The lowest BCUT2D eigenvalue weighted by Gasteiger charge is -2.38. The maximum Gasteiger partial charge on any atom is 0.227 e. The van der Waals surface area contributed by atoms with Gasteiger partial charge in [0.2, 0.25) is 5.91 Å². The van der Waals surface area contributed by atoms with Gasteiger partial charge in [-0.15, -0.1) is 0 Å². The van der Waals surface area contributed by atoms with Crippen LogP contribution < -0.4 is 5.32 Å². The molecule has 0 radical (unpaired) electrons. The number of rotatable bonds is 4. The van der Waals surface area contributed by atoms with Gasteiger partial charge in [-0.3, -0.25) is 4.79 Å². The topological polar surface area (TPSA) is 50.2 Å². The summed E-state index contributed by atoms with van der Waals surface area (Å²) in [5.74, 6) is 2.87. The molecule has 0 unspecified atom stereocenters. The number of benzene rings is 1. The van der Waals surface area contributed by atoms with E-state index in [-0.39, 0.29) is 11.8 Å². The van der Waals surface area contributed by atoms with Gasteiger partial charge in [-0.1, -0.05) is 0 Å². The second-order valence-electron chi connectivity index (χ2n) is 8.03. The Kier molecular flexibility index (Phi) is 6.07. The minimum Gasteiger partial charge on any atom is -0.326 e. The summed E-state index contributed by atoms with van der Waals surface area (Å²) in [7, 11) is 0. The normalized spacial score (nSPS) is 19.6. The average Bonchev–Trinajstić information content (AvgIpc) is 3.07. The lowest BCUT2D eigenvalue weighted by atomic mass is 9.94. The molecule has 2 saturated heterocycles. The van der Waals surface area contributed by atoms with Crippen LogP contribution in [0.2, 0.25) is 0 Å². The van der Waals surface area contributed by atoms with Crippen LogP contribution in [-0.2, 0) is 4.79 Å². The summed E-state index contributed by atoms with van der Waals surface area (Å²) in [6, 6.07) is 10.8. The molecule has 1 amide bonds. The van der Waals surface area contributed by atoms with Gasteiger partial charge in [0.1, 0.15) is 0 Å². The molecule has 0 spiro atoms. The predicted molar refractivity (Wildman–Crippen MR) is 116 cm³/mol. The first-order valence-electron chi connectivity index (χ1n) is 10.4. The van der Waals surface area contributed by atoms with E-state index in [4.69, 9.17) is 0 Å². The number of hydrogen-bond acceptors (Lipinski definition) is 4. The van der Waals surface area contributed by atoms with Crippen LogP contribution in [0.15, 0.2) is 30.3 Å². The number of anilines is 1. The molecule has 2 fully saturated rings. The van der Waals surface area contributed by atoms with E-state index in [1.165, 1.54) is 24.3 Å². The fraction of sp³-hybridized carbons (Fsp3) is 0.545. The molecule has 28 heavy (non-hydrogen) atoms. The first-order valence-corrected chi connectivity index (χ1v) is 11.5. The molecule has 0 aliphatic carbocycles. The molecule has 0 bridgehead atoms. The predicted octanol–water partition coefficient (Wildman–Crippen LogP) is 4.04. The largest absolute Gasteiger partial charge is 0.326 e.